The first kappa shape index (κ1) is 10.9. The van der Waals surface area contributed by atoms with Gasteiger partial charge in [-0.3, -0.25) is 4.39 Å². The Bertz CT molecular complexity index is 23.7. The molecule has 0 amide bonds. The molecule has 0 N–H and O–H groups in total. The van der Waals surface area contributed by atoms with E-state index in [-0.39, 0.29) is 32.7 Å². The third kappa shape index (κ3) is 10.9. The molecule has 0 bridgehead atoms. The van der Waals surface area contributed by atoms with E-state index in [0.29, 0.717) is 6.61 Å². The molecule has 0 aromatic rings. The van der Waals surface area contributed by atoms with Crippen LogP contribution in [0.4, 0.5) is 4.39 Å². The standard InChI is InChI=1S/C4H8FO.Y/c1-2-6-4-3-5;/h4H,2-3H2,1H3;/q-1;. The zero-order valence-electron chi connectivity index (χ0n) is 4.36. The topological polar surface area (TPSA) is 9.23 Å². The van der Waals surface area contributed by atoms with Crippen molar-refractivity contribution in [2.45, 2.75) is 6.92 Å². The van der Waals surface area contributed by atoms with E-state index in [1.54, 1.807) is 0 Å². The Morgan fingerprint density at radius 2 is 2.29 bits per heavy atom. The van der Waals surface area contributed by atoms with Gasteiger partial charge in [-0.2, -0.15) is 6.61 Å². The molecule has 0 aromatic heterocycles. The second-order valence-electron chi connectivity index (χ2n) is 0.776. The molecular formula is C4H8FOY-. The average Bonchev–Trinajstić information content (AvgIpc) is 1.61. The average molecular weight is 180 g/mol. The van der Waals surface area contributed by atoms with Crippen LogP contribution in [0.1, 0.15) is 6.92 Å². The van der Waals surface area contributed by atoms with E-state index in [1.165, 1.54) is 0 Å². The van der Waals surface area contributed by atoms with Gasteiger partial charge in [0.25, 0.3) is 0 Å². The molecule has 0 unspecified atom stereocenters. The van der Waals surface area contributed by atoms with Crippen molar-refractivity contribution in [2.75, 3.05) is 13.3 Å². The number of alkyl halides is 1. The van der Waals surface area contributed by atoms with Crippen LogP contribution in [0.25, 0.3) is 0 Å². The molecule has 0 saturated heterocycles. The summed E-state index contributed by atoms with van der Waals surface area (Å²) in [5.74, 6) is 0. The quantitative estimate of drug-likeness (QED) is 0.467. The Morgan fingerprint density at radius 3 is 2.43 bits per heavy atom. The summed E-state index contributed by atoms with van der Waals surface area (Å²) in [7, 11) is 0. The van der Waals surface area contributed by atoms with E-state index in [1.807, 2.05) is 6.92 Å². The maximum absolute atomic E-state index is 11.0. The molecule has 0 spiro atoms. The van der Waals surface area contributed by atoms with Gasteiger partial charge in [0.2, 0.25) is 0 Å². The molecule has 0 rings (SSSR count). The molecule has 1 radical (unpaired) electrons. The summed E-state index contributed by atoms with van der Waals surface area (Å²) in [6.45, 7) is 3.02. The minimum Gasteiger partial charge on any atom is -0.550 e. The fourth-order valence-electron chi connectivity index (χ4n) is 0.162. The molecule has 0 heterocycles. The summed E-state index contributed by atoms with van der Waals surface area (Å²) in [4.78, 5) is 0. The van der Waals surface area contributed by atoms with Gasteiger partial charge in [0.15, 0.2) is 0 Å². The Labute approximate surface area is 68.5 Å². The Morgan fingerprint density at radius 1 is 1.71 bits per heavy atom. The number of ether oxygens (including phenoxy) is 1. The minimum absolute atomic E-state index is 0. The normalized spacial score (nSPS) is 7.71. The van der Waals surface area contributed by atoms with Crippen LogP contribution >= 0.6 is 0 Å². The van der Waals surface area contributed by atoms with Gasteiger partial charge >= 0.3 is 0 Å². The summed E-state index contributed by atoms with van der Waals surface area (Å²) < 4.78 is 15.5. The first-order valence-corrected chi connectivity index (χ1v) is 1.91. The molecule has 0 aliphatic rings. The van der Waals surface area contributed by atoms with E-state index in [4.69, 9.17) is 0 Å². The molecule has 41 valence electrons. The number of rotatable bonds is 3. The molecule has 0 atom stereocenters. The summed E-state index contributed by atoms with van der Waals surface area (Å²) >= 11 is 0. The molecule has 0 aliphatic heterocycles. The molecule has 7 heavy (non-hydrogen) atoms. The molecule has 0 aliphatic carbocycles. The summed E-state index contributed by atoms with van der Waals surface area (Å²) in [5, 5.41) is 0. The fourth-order valence-corrected chi connectivity index (χ4v) is 0.162. The second-order valence-corrected chi connectivity index (χ2v) is 0.776. The largest absolute Gasteiger partial charge is 0.550 e. The predicted molar refractivity (Wildman–Crippen MR) is 21.9 cm³/mol. The van der Waals surface area contributed by atoms with Crippen LogP contribution < -0.4 is 0 Å². The van der Waals surface area contributed by atoms with E-state index < -0.39 is 6.67 Å². The minimum atomic E-state index is -0.492. The first-order chi connectivity index (χ1) is 2.91. The van der Waals surface area contributed by atoms with Gasteiger partial charge in [-0.05, 0) is 13.6 Å². The zero-order chi connectivity index (χ0) is 4.83. The van der Waals surface area contributed by atoms with Crippen molar-refractivity contribution in [3.05, 3.63) is 6.61 Å². The van der Waals surface area contributed by atoms with Crippen LogP contribution in [0.5, 0.6) is 0 Å². The third-order valence-electron chi connectivity index (χ3n) is 0.348. The summed E-state index contributed by atoms with van der Waals surface area (Å²) in [5.41, 5.74) is 0. The summed E-state index contributed by atoms with van der Waals surface area (Å²) in [6.07, 6.45) is 0. The number of halogens is 1. The maximum atomic E-state index is 11.0. The van der Waals surface area contributed by atoms with E-state index in [0.717, 1.165) is 6.61 Å². The zero-order valence-corrected chi connectivity index (χ0v) is 7.19. The molecule has 1 nitrogen and oxygen atoms in total. The predicted octanol–water partition coefficient (Wildman–Crippen LogP) is 1.15. The molecular weight excluding hydrogens is 172 g/mol. The van der Waals surface area contributed by atoms with Gasteiger partial charge in [-0.25, -0.2) is 0 Å². The van der Waals surface area contributed by atoms with Crippen molar-refractivity contribution in [1.82, 2.24) is 0 Å². The van der Waals surface area contributed by atoms with Crippen molar-refractivity contribution in [2.24, 2.45) is 0 Å². The van der Waals surface area contributed by atoms with Crippen molar-refractivity contribution in [3.8, 4) is 0 Å². The molecule has 0 saturated carbocycles. The van der Waals surface area contributed by atoms with Gasteiger partial charge < -0.3 is 4.74 Å². The van der Waals surface area contributed by atoms with Gasteiger partial charge in [-0.15, -0.1) is 0 Å². The Kier molecular flexibility index (Phi) is 15.7. The third-order valence-corrected chi connectivity index (χ3v) is 0.348. The second kappa shape index (κ2) is 10.1. The van der Waals surface area contributed by atoms with Crippen molar-refractivity contribution >= 4 is 0 Å². The van der Waals surface area contributed by atoms with Crippen LogP contribution in [0.2, 0.25) is 0 Å². The molecule has 3 heteroatoms. The van der Waals surface area contributed by atoms with E-state index in [2.05, 4.69) is 4.74 Å². The smallest absolute Gasteiger partial charge is 0.00833 e. The van der Waals surface area contributed by atoms with Crippen LogP contribution in [0.3, 0.4) is 0 Å². The molecule has 0 fully saturated rings. The van der Waals surface area contributed by atoms with Crippen molar-refractivity contribution in [3.63, 3.8) is 0 Å². The maximum Gasteiger partial charge on any atom is 0.00833 e. The van der Waals surface area contributed by atoms with Gasteiger partial charge in [0.1, 0.15) is 0 Å². The SMILES string of the molecule is CCO[CH-]CF.[Y]. The van der Waals surface area contributed by atoms with Gasteiger partial charge in [-0.1, -0.05) is 0 Å². The molecule has 0 aromatic carbocycles. The van der Waals surface area contributed by atoms with Crippen molar-refractivity contribution in [1.29, 1.82) is 0 Å². The van der Waals surface area contributed by atoms with Crippen LogP contribution in [0, 0.1) is 6.61 Å². The van der Waals surface area contributed by atoms with E-state index >= 15 is 0 Å². The van der Waals surface area contributed by atoms with Crippen LogP contribution in [0.15, 0.2) is 0 Å². The number of hydrogen-bond acceptors (Lipinski definition) is 1. The number of hydrogen-bond donors (Lipinski definition) is 0. The first-order valence-electron chi connectivity index (χ1n) is 1.91. The fraction of sp³-hybridized carbons (Fsp3) is 0.750. The van der Waals surface area contributed by atoms with Gasteiger partial charge in [0, 0.05) is 39.3 Å². The monoisotopic (exact) mass is 180 g/mol. The summed E-state index contributed by atoms with van der Waals surface area (Å²) in [6, 6.07) is 0. The van der Waals surface area contributed by atoms with Crippen LogP contribution in [-0.4, -0.2) is 13.3 Å². The van der Waals surface area contributed by atoms with Crippen molar-refractivity contribution < 1.29 is 41.8 Å². The Hall–Kier alpha value is 0.994. The van der Waals surface area contributed by atoms with Crippen LogP contribution in [-0.2, 0) is 37.4 Å². The Balaban J connectivity index is 0. The van der Waals surface area contributed by atoms with E-state index in [9.17, 15) is 4.39 Å². The van der Waals surface area contributed by atoms with Gasteiger partial charge in [0.05, 0.1) is 0 Å².